The zero-order valence-corrected chi connectivity index (χ0v) is 17.4. The van der Waals surface area contributed by atoms with E-state index in [0.717, 1.165) is 11.8 Å². The van der Waals surface area contributed by atoms with Crippen molar-refractivity contribution in [3.05, 3.63) is 60.2 Å². The summed E-state index contributed by atoms with van der Waals surface area (Å²) in [7, 11) is -3.50. The van der Waals surface area contributed by atoms with E-state index in [9.17, 15) is 13.2 Å². The molecule has 0 aromatic heterocycles. The van der Waals surface area contributed by atoms with Crippen LogP contribution >= 0.6 is 0 Å². The summed E-state index contributed by atoms with van der Waals surface area (Å²) in [6.07, 6.45) is 1.80. The fourth-order valence-corrected chi connectivity index (χ4v) is 3.90. The average molecular weight is 405 g/mol. The van der Waals surface area contributed by atoms with Crippen LogP contribution in [0.3, 0.4) is 0 Å². The third-order valence-electron chi connectivity index (χ3n) is 4.28. The second-order valence-electron chi connectivity index (χ2n) is 6.54. The first-order chi connectivity index (χ1) is 13.3. The van der Waals surface area contributed by atoms with E-state index >= 15 is 0 Å². The number of amides is 1. The number of rotatable bonds is 10. The summed E-state index contributed by atoms with van der Waals surface area (Å²) >= 11 is 0. The summed E-state index contributed by atoms with van der Waals surface area (Å²) in [4.78, 5) is 12.3. The summed E-state index contributed by atoms with van der Waals surface area (Å²) in [5.74, 6) is 0.403. The Hall–Kier alpha value is -2.54. The number of benzene rings is 2. The normalized spacial score (nSPS) is 12.2. The molecule has 0 saturated carbocycles. The SMILES string of the molecule is CCOc1ccccc1N(CCCC(=O)NC(C)c1ccccc1)S(C)(=O)=O. The van der Waals surface area contributed by atoms with Crippen molar-refractivity contribution in [2.75, 3.05) is 23.7 Å². The van der Waals surface area contributed by atoms with Crippen molar-refractivity contribution in [1.82, 2.24) is 5.32 Å². The van der Waals surface area contributed by atoms with Crippen LogP contribution in [0, 0.1) is 0 Å². The lowest BCUT2D eigenvalue weighted by molar-refractivity contribution is -0.121. The summed E-state index contributed by atoms with van der Waals surface area (Å²) < 4.78 is 31.4. The van der Waals surface area contributed by atoms with E-state index in [1.807, 2.05) is 44.2 Å². The predicted octanol–water partition coefficient (Wildman–Crippen LogP) is 3.51. The van der Waals surface area contributed by atoms with Crippen LogP contribution in [0.4, 0.5) is 5.69 Å². The standard InChI is InChI=1S/C21H28N2O4S/c1-4-27-20-14-9-8-13-19(20)23(28(3,25)26)16-10-15-21(24)22-17(2)18-11-6-5-7-12-18/h5-9,11-14,17H,4,10,15-16H2,1-3H3,(H,22,24). The second-order valence-corrected chi connectivity index (χ2v) is 8.45. The van der Waals surface area contributed by atoms with Gasteiger partial charge in [0.2, 0.25) is 15.9 Å². The Bertz CT molecular complexity index is 869. The first-order valence-electron chi connectivity index (χ1n) is 9.36. The minimum absolute atomic E-state index is 0.0987. The highest BCUT2D eigenvalue weighted by molar-refractivity contribution is 7.92. The van der Waals surface area contributed by atoms with Crippen LogP contribution in [0.1, 0.15) is 38.3 Å². The minimum atomic E-state index is -3.50. The molecule has 1 unspecified atom stereocenters. The van der Waals surface area contributed by atoms with Crippen LogP contribution in [0.15, 0.2) is 54.6 Å². The number of nitrogens with zero attached hydrogens (tertiary/aromatic N) is 1. The molecule has 0 aliphatic carbocycles. The Morgan fingerprint density at radius 3 is 2.39 bits per heavy atom. The number of hydrogen-bond donors (Lipinski definition) is 1. The molecular weight excluding hydrogens is 376 g/mol. The van der Waals surface area contributed by atoms with E-state index in [-0.39, 0.29) is 24.9 Å². The van der Waals surface area contributed by atoms with Gasteiger partial charge < -0.3 is 10.1 Å². The van der Waals surface area contributed by atoms with Crippen molar-refractivity contribution in [3.63, 3.8) is 0 Å². The molecule has 0 spiro atoms. The molecule has 1 N–H and O–H groups in total. The molecule has 0 bridgehead atoms. The van der Waals surface area contributed by atoms with Crippen LogP contribution in [0.25, 0.3) is 0 Å². The first kappa shape index (κ1) is 21.8. The first-order valence-corrected chi connectivity index (χ1v) is 11.2. The van der Waals surface area contributed by atoms with Crippen molar-refractivity contribution in [1.29, 1.82) is 0 Å². The van der Waals surface area contributed by atoms with E-state index in [1.165, 1.54) is 4.31 Å². The number of anilines is 1. The van der Waals surface area contributed by atoms with E-state index in [2.05, 4.69) is 5.32 Å². The van der Waals surface area contributed by atoms with Crippen molar-refractivity contribution in [2.24, 2.45) is 0 Å². The fourth-order valence-electron chi connectivity index (χ4n) is 2.93. The van der Waals surface area contributed by atoms with Gasteiger partial charge in [-0.2, -0.15) is 0 Å². The second kappa shape index (κ2) is 10.1. The van der Waals surface area contributed by atoms with Gasteiger partial charge in [-0.3, -0.25) is 9.10 Å². The molecule has 6 nitrogen and oxygen atoms in total. The topological polar surface area (TPSA) is 75.7 Å². The van der Waals surface area contributed by atoms with Crippen molar-refractivity contribution >= 4 is 21.6 Å². The molecule has 0 saturated heterocycles. The van der Waals surface area contributed by atoms with Gasteiger partial charge in [0.05, 0.1) is 24.6 Å². The van der Waals surface area contributed by atoms with Crippen LogP contribution < -0.4 is 14.4 Å². The minimum Gasteiger partial charge on any atom is -0.492 e. The van der Waals surface area contributed by atoms with Crippen molar-refractivity contribution < 1.29 is 17.9 Å². The van der Waals surface area contributed by atoms with Gasteiger partial charge in [0.25, 0.3) is 0 Å². The Morgan fingerprint density at radius 2 is 1.75 bits per heavy atom. The summed E-state index contributed by atoms with van der Waals surface area (Å²) in [5, 5.41) is 2.95. The number of carbonyl (C=O) groups is 1. The Labute approximate surface area is 167 Å². The number of hydrogen-bond acceptors (Lipinski definition) is 4. The third kappa shape index (κ3) is 6.27. The van der Waals surface area contributed by atoms with Crippen LogP contribution in [0.5, 0.6) is 5.75 Å². The Balaban J connectivity index is 1.99. The number of ether oxygens (including phenoxy) is 1. The van der Waals surface area contributed by atoms with E-state index in [4.69, 9.17) is 4.74 Å². The highest BCUT2D eigenvalue weighted by Crippen LogP contribution is 2.30. The number of carbonyl (C=O) groups excluding carboxylic acids is 1. The molecule has 0 radical (unpaired) electrons. The molecule has 0 aliphatic rings. The quantitative estimate of drug-likeness (QED) is 0.657. The summed E-state index contributed by atoms with van der Waals surface area (Å²) in [6, 6.07) is 16.6. The highest BCUT2D eigenvalue weighted by atomic mass is 32.2. The molecule has 2 aromatic rings. The molecule has 0 fully saturated rings. The molecule has 0 heterocycles. The van der Waals surface area contributed by atoms with Gasteiger partial charge in [0.1, 0.15) is 5.75 Å². The smallest absolute Gasteiger partial charge is 0.232 e. The number of para-hydroxylation sites is 2. The third-order valence-corrected chi connectivity index (χ3v) is 5.46. The Kier molecular flexibility index (Phi) is 7.87. The van der Waals surface area contributed by atoms with Gasteiger partial charge in [0.15, 0.2) is 0 Å². The lowest BCUT2D eigenvalue weighted by Crippen LogP contribution is -2.33. The number of sulfonamides is 1. The fraction of sp³-hybridized carbons (Fsp3) is 0.381. The van der Waals surface area contributed by atoms with E-state index in [0.29, 0.717) is 24.5 Å². The molecule has 0 aliphatic heterocycles. The molecule has 152 valence electrons. The maximum absolute atomic E-state index is 12.3. The van der Waals surface area contributed by atoms with Crippen LogP contribution in [-0.4, -0.2) is 33.7 Å². The summed E-state index contributed by atoms with van der Waals surface area (Å²) in [5.41, 5.74) is 1.52. The van der Waals surface area contributed by atoms with Gasteiger partial charge in [-0.05, 0) is 38.0 Å². The molecule has 2 rings (SSSR count). The maximum atomic E-state index is 12.3. The zero-order valence-electron chi connectivity index (χ0n) is 16.6. The molecular formula is C21H28N2O4S. The van der Waals surface area contributed by atoms with E-state index in [1.54, 1.807) is 24.3 Å². The number of nitrogens with one attached hydrogen (secondary N) is 1. The van der Waals surface area contributed by atoms with Gasteiger partial charge in [-0.15, -0.1) is 0 Å². The van der Waals surface area contributed by atoms with Crippen molar-refractivity contribution in [3.8, 4) is 5.75 Å². The molecule has 28 heavy (non-hydrogen) atoms. The summed E-state index contributed by atoms with van der Waals surface area (Å²) in [6.45, 7) is 4.42. The molecule has 1 atom stereocenters. The zero-order chi connectivity index (χ0) is 20.6. The van der Waals surface area contributed by atoms with Gasteiger partial charge in [0, 0.05) is 13.0 Å². The van der Waals surface area contributed by atoms with E-state index < -0.39 is 10.0 Å². The van der Waals surface area contributed by atoms with Gasteiger partial charge in [-0.25, -0.2) is 8.42 Å². The monoisotopic (exact) mass is 404 g/mol. The Morgan fingerprint density at radius 1 is 1.11 bits per heavy atom. The largest absolute Gasteiger partial charge is 0.492 e. The van der Waals surface area contributed by atoms with Crippen molar-refractivity contribution in [2.45, 2.75) is 32.7 Å². The van der Waals surface area contributed by atoms with Gasteiger partial charge in [-0.1, -0.05) is 42.5 Å². The molecule has 7 heteroatoms. The molecule has 1 amide bonds. The average Bonchev–Trinajstić information content (AvgIpc) is 2.66. The predicted molar refractivity (Wildman–Crippen MR) is 112 cm³/mol. The lowest BCUT2D eigenvalue weighted by Gasteiger charge is -2.24. The van der Waals surface area contributed by atoms with Crippen LogP contribution in [0.2, 0.25) is 0 Å². The highest BCUT2D eigenvalue weighted by Gasteiger charge is 2.21. The van der Waals surface area contributed by atoms with Crippen LogP contribution in [-0.2, 0) is 14.8 Å². The lowest BCUT2D eigenvalue weighted by atomic mass is 10.1. The van der Waals surface area contributed by atoms with Gasteiger partial charge >= 0.3 is 0 Å². The molecule has 2 aromatic carbocycles. The maximum Gasteiger partial charge on any atom is 0.232 e.